The Labute approximate surface area is 92.2 Å². The van der Waals surface area contributed by atoms with Gasteiger partial charge in [-0.1, -0.05) is 27.7 Å². The molecule has 1 saturated carbocycles. The van der Waals surface area contributed by atoms with Crippen LogP contribution in [-0.4, -0.2) is 30.1 Å². The Morgan fingerprint density at radius 1 is 1.53 bits per heavy atom. The second-order valence-corrected chi connectivity index (χ2v) is 6.03. The van der Waals surface area contributed by atoms with Gasteiger partial charge in [-0.2, -0.15) is 0 Å². The average Bonchev–Trinajstić information content (AvgIpc) is 2.53. The first-order chi connectivity index (χ1) is 6.92. The second-order valence-electron chi connectivity index (χ2n) is 6.03. The summed E-state index contributed by atoms with van der Waals surface area (Å²) in [5.74, 6) is 1.41. The van der Waals surface area contributed by atoms with Crippen molar-refractivity contribution in [1.29, 1.82) is 0 Å². The molecule has 1 heterocycles. The van der Waals surface area contributed by atoms with Crippen molar-refractivity contribution in [3.8, 4) is 0 Å². The van der Waals surface area contributed by atoms with Gasteiger partial charge in [0.1, 0.15) is 0 Å². The third kappa shape index (κ3) is 2.03. The molecule has 3 nitrogen and oxygen atoms in total. The molecule has 0 spiro atoms. The van der Waals surface area contributed by atoms with Crippen LogP contribution in [-0.2, 0) is 4.79 Å². The zero-order valence-corrected chi connectivity index (χ0v) is 10.2. The van der Waals surface area contributed by atoms with E-state index in [4.69, 9.17) is 0 Å². The van der Waals surface area contributed by atoms with Crippen LogP contribution >= 0.6 is 0 Å². The van der Waals surface area contributed by atoms with Gasteiger partial charge in [0.2, 0.25) is 5.91 Å². The third-order valence-corrected chi connectivity index (χ3v) is 3.90. The summed E-state index contributed by atoms with van der Waals surface area (Å²) in [7, 11) is 0. The van der Waals surface area contributed by atoms with Crippen molar-refractivity contribution in [3.63, 3.8) is 0 Å². The van der Waals surface area contributed by atoms with Crippen LogP contribution in [0.4, 0.5) is 0 Å². The summed E-state index contributed by atoms with van der Waals surface area (Å²) in [4.78, 5) is 14.0. The highest BCUT2D eigenvalue weighted by Crippen LogP contribution is 2.51. The van der Waals surface area contributed by atoms with Crippen LogP contribution in [0.5, 0.6) is 0 Å². The molecule has 3 heteroatoms. The first-order valence-corrected chi connectivity index (χ1v) is 5.94. The van der Waals surface area contributed by atoms with Gasteiger partial charge in [0, 0.05) is 6.54 Å². The second kappa shape index (κ2) is 3.48. The minimum atomic E-state index is 0.0480. The Morgan fingerprint density at radius 2 is 2.13 bits per heavy atom. The fourth-order valence-electron chi connectivity index (χ4n) is 2.40. The van der Waals surface area contributed by atoms with E-state index in [2.05, 4.69) is 33.0 Å². The van der Waals surface area contributed by atoms with Crippen LogP contribution in [0.3, 0.4) is 0 Å². The van der Waals surface area contributed by atoms with Crippen molar-refractivity contribution in [3.05, 3.63) is 0 Å². The van der Waals surface area contributed by atoms with Crippen LogP contribution in [0.15, 0.2) is 0 Å². The first-order valence-electron chi connectivity index (χ1n) is 5.94. The Balaban J connectivity index is 1.88. The van der Waals surface area contributed by atoms with Crippen molar-refractivity contribution in [1.82, 2.24) is 10.2 Å². The fraction of sp³-hybridized carbons (Fsp3) is 0.917. The molecule has 1 saturated heterocycles. The van der Waals surface area contributed by atoms with Crippen molar-refractivity contribution in [2.75, 3.05) is 13.2 Å². The van der Waals surface area contributed by atoms with E-state index in [1.807, 2.05) is 4.90 Å². The van der Waals surface area contributed by atoms with Gasteiger partial charge in [0.15, 0.2) is 0 Å². The van der Waals surface area contributed by atoms with Crippen LogP contribution in [0.25, 0.3) is 0 Å². The molecule has 2 rings (SSSR count). The number of nitrogens with zero attached hydrogens (tertiary/aromatic N) is 1. The Kier molecular flexibility index (Phi) is 2.53. The van der Waals surface area contributed by atoms with Crippen molar-refractivity contribution in [2.45, 2.75) is 40.2 Å². The smallest absolute Gasteiger partial charge is 0.241 e. The lowest BCUT2D eigenvalue weighted by Crippen LogP contribution is -2.35. The quantitative estimate of drug-likeness (QED) is 0.764. The largest absolute Gasteiger partial charge is 0.328 e. The van der Waals surface area contributed by atoms with Crippen LogP contribution in [0.1, 0.15) is 34.1 Å². The average molecular weight is 210 g/mol. The fourth-order valence-corrected chi connectivity index (χ4v) is 2.40. The van der Waals surface area contributed by atoms with Gasteiger partial charge in [-0.15, -0.1) is 0 Å². The van der Waals surface area contributed by atoms with E-state index in [-0.39, 0.29) is 6.04 Å². The standard InChI is InChI=1S/C12H22N2O/c1-8(2)10-11(15)14(7-13-10)6-9-5-12(9,3)4/h8-10,13H,5-7H2,1-4H3. The maximum absolute atomic E-state index is 12.0. The molecule has 2 fully saturated rings. The molecule has 1 amide bonds. The minimum absolute atomic E-state index is 0.0480. The first kappa shape index (κ1) is 10.9. The number of carbonyl (C=O) groups excluding carboxylic acids is 1. The Morgan fingerprint density at radius 3 is 2.53 bits per heavy atom. The summed E-state index contributed by atoms with van der Waals surface area (Å²) in [5, 5.41) is 3.29. The summed E-state index contributed by atoms with van der Waals surface area (Å²) in [6.45, 7) is 10.5. The molecule has 0 aromatic carbocycles. The van der Waals surface area contributed by atoms with E-state index in [0.717, 1.165) is 13.2 Å². The maximum Gasteiger partial charge on any atom is 0.241 e. The molecule has 1 aliphatic heterocycles. The molecule has 0 aromatic heterocycles. The zero-order chi connectivity index (χ0) is 11.2. The summed E-state index contributed by atoms with van der Waals surface area (Å²) in [6, 6.07) is 0.0480. The molecule has 2 unspecified atom stereocenters. The highest BCUT2D eigenvalue weighted by molar-refractivity contribution is 5.84. The molecule has 0 radical (unpaired) electrons. The van der Waals surface area contributed by atoms with Gasteiger partial charge in [-0.25, -0.2) is 0 Å². The number of hydrogen-bond acceptors (Lipinski definition) is 2. The van der Waals surface area contributed by atoms with Crippen molar-refractivity contribution < 1.29 is 4.79 Å². The Hall–Kier alpha value is -0.570. The molecule has 15 heavy (non-hydrogen) atoms. The lowest BCUT2D eigenvalue weighted by molar-refractivity contribution is -0.129. The number of carbonyl (C=O) groups is 1. The van der Waals surface area contributed by atoms with Gasteiger partial charge < -0.3 is 4.90 Å². The predicted octanol–water partition coefficient (Wildman–Crippen LogP) is 1.45. The molecular weight excluding hydrogens is 188 g/mol. The summed E-state index contributed by atoms with van der Waals surface area (Å²) in [5.41, 5.74) is 0.468. The summed E-state index contributed by atoms with van der Waals surface area (Å²) >= 11 is 0. The molecule has 1 aliphatic carbocycles. The van der Waals surface area contributed by atoms with Gasteiger partial charge in [0.25, 0.3) is 0 Å². The van der Waals surface area contributed by atoms with Crippen LogP contribution < -0.4 is 5.32 Å². The highest BCUT2D eigenvalue weighted by atomic mass is 16.2. The molecule has 86 valence electrons. The van der Waals surface area contributed by atoms with E-state index < -0.39 is 0 Å². The highest BCUT2D eigenvalue weighted by Gasteiger charge is 2.48. The van der Waals surface area contributed by atoms with Crippen LogP contribution in [0.2, 0.25) is 0 Å². The normalized spacial score (nSPS) is 33.9. The molecular formula is C12H22N2O. The Bertz CT molecular complexity index is 273. The SMILES string of the molecule is CC(C)C1NCN(CC2CC2(C)C)C1=O. The van der Waals surface area contributed by atoms with Gasteiger partial charge >= 0.3 is 0 Å². The van der Waals surface area contributed by atoms with Crippen molar-refractivity contribution >= 4 is 5.91 Å². The molecule has 2 atom stereocenters. The van der Waals surface area contributed by atoms with E-state index in [0.29, 0.717) is 23.2 Å². The monoisotopic (exact) mass is 210 g/mol. The molecule has 0 bridgehead atoms. The third-order valence-electron chi connectivity index (χ3n) is 3.90. The van der Waals surface area contributed by atoms with Crippen LogP contribution in [0, 0.1) is 17.3 Å². The van der Waals surface area contributed by atoms with Gasteiger partial charge in [0.05, 0.1) is 12.7 Å². The number of nitrogens with one attached hydrogen (secondary N) is 1. The zero-order valence-electron chi connectivity index (χ0n) is 10.2. The van der Waals surface area contributed by atoms with E-state index in [1.54, 1.807) is 0 Å². The predicted molar refractivity (Wildman–Crippen MR) is 60.2 cm³/mol. The summed E-state index contributed by atoms with van der Waals surface area (Å²) in [6.07, 6.45) is 1.27. The number of hydrogen-bond donors (Lipinski definition) is 1. The lowest BCUT2D eigenvalue weighted by Gasteiger charge is -2.17. The summed E-state index contributed by atoms with van der Waals surface area (Å²) < 4.78 is 0. The lowest BCUT2D eigenvalue weighted by atomic mass is 10.0. The van der Waals surface area contributed by atoms with Crippen molar-refractivity contribution in [2.24, 2.45) is 17.3 Å². The van der Waals surface area contributed by atoms with E-state index in [1.165, 1.54) is 6.42 Å². The number of amides is 1. The number of rotatable bonds is 3. The molecule has 2 aliphatic rings. The topological polar surface area (TPSA) is 32.3 Å². The minimum Gasteiger partial charge on any atom is -0.328 e. The maximum atomic E-state index is 12.0. The molecule has 1 N–H and O–H groups in total. The van der Waals surface area contributed by atoms with E-state index >= 15 is 0 Å². The molecule has 0 aromatic rings. The van der Waals surface area contributed by atoms with Gasteiger partial charge in [-0.05, 0) is 23.7 Å². The van der Waals surface area contributed by atoms with Gasteiger partial charge in [-0.3, -0.25) is 10.1 Å². The van der Waals surface area contributed by atoms with E-state index in [9.17, 15) is 4.79 Å².